The molecule has 20 heavy (non-hydrogen) atoms. The van der Waals surface area contributed by atoms with Gasteiger partial charge in [-0.05, 0) is 31.2 Å². The zero-order chi connectivity index (χ0) is 14.3. The van der Waals surface area contributed by atoms with Crippen molar-refractivity contribution in [3.8, 4) is 0 Å². The first-order valence-electron chi connectivity index (χ1n) is 6.09. The SMILES string of the molecule is CC(c1ccco1)n1c(=O)[nH]c2cccc(C(=O)O)c21. The number of para-hydroxylation sites is 1. The molecular weight excluding hydrogens is 260 g/mol. The van der Waals surface area contributed by atoms with Crippen LogP contribution in [-0.4, -0.2) is 20.6 Å². The summed E-state index contributed by atoms with van der Waals surface area (Å²) in [6, 6.07) is 7.83. The summed E-state index contributed by atoms with van der Waals surface area (Å²) in [5.74, 6) is -0.483. The predicted octanol–water partition coefficient (Wildman–Crippen LogP) is 2.23. The van der Waals surface area contributed by atoms with Gasteiger partial charge < -0.3 is 14.5 Å². The van der Waals surface area contributed by atoms with Gasteiger partial charge in [0.1, 0.15) is 5.76 Å². The highest BCUT2D eigenvalue weighted by Crippen LogP contribution is 2.24. The Balaban J connectivity index is 2.32. The van der Waals surface area contributed by atoms with Crippen LogP contribution in [0.3, 0.4) is 0 Å². The standard InChI is InChI=1S/C14H12N2O4/c1-8(11-6-3-7-20-11)16-12-9(13(17)18)4-2-5-10(12)15-14(16)19/h2-8H,1H3,(H,15,19)(H,17,18). The lowest BCUT2D eigenvalue weighted by Crippen LogP contribution is -2.21. The lowest BCUT2D eigenvalue weighted by Gasteiger charge is -2.12. The van der Waals surface area contributed by atoms with Crippen LogP contribution in [0.1, 0.15) is 29.1 Å². The van der Waals surface area contributed by atoms with Crippen molar-refractivity contribution in [3.05, 3.63) is 58.4 Å². The minimum Gasteiger partial charge on any atom is -0.478 e. The average Bonchev–Trinajstić information content (AvgIpc) is 3.03. The van der Waals surface area contributed by atoms with Crippen LogP contribution in [0.5, 0.6) is 0 Å². The molecule has 1 atom stereocenters. The number of rotatable bonds is 3. The molecule has 0 aliphatic rings. The molecule has 0 radical (unpaired) electrons. The molecule has 6 nitrogen and oxygen atoms in total. The number of hydrogen-bond acceptors (Lipinski definition) is 3. The third-order valence-corrected chi connectivity index (χ3v) is 3.31. The molecule has 0 saturated heterocycles. The Morgan fingerprint density at radius 2 is 2.15 bits per heavy atom. The number of hydrogen-bond donors (Lipinski definition) is 2. The first kappa shape index (κ1) is 12.3. The highest BCUT2D eigenvalue weighted by molar-refractivity contribution is 6.01. The Bertz CT molecular complexity index is 827. The molecule has 0 aliphatic heterocycles. The fraction of sp³-hybridized carbons (Fsp3) is 0.143. The maximum Gasteiger partial charge on any atom is 0.337 e. The molecule has 0 fully saturated rings. The number of aromatic amines is 1. The second-order valence-electron chi connectivity index (χ2n) is 4.50. The van der Waals surface area contributed by atoms with Crippen LogP contribution in [0.25, 0.3) is 11.0 Å². The second kappa shape index (κ2) is 4.41. The number of carboxylic acids is 1. The predicted molar refractivity (Wildman–Crippen MR) is 72.0 cm³/mol. The van der Waals surface area contributed by atoms with Gasteiger partial charge in [0.25, 0.3) is 0 Å². The topological polar surface area (TPSA) is 88.2 Å². The van der Waals surface area contributed by atoms with E-state index < -0.39 is 12.0 Å². The van der Waals surface area contributed by atoms with Crippen LogP contribution in [0, 0.1) is 0 Å². The number of carbonyl (C=O) groups is 1. The van der Waals surface area contributed by atoms with E-state index in [4.69, 9.17) is 4.42 Å². The van der Waals surface area contributed by atoms with E-state index in [2.05, 4.69) is 4.98 Å². The molecule has 6 heteroatoms. The molecule has 3 rings (SSSR count). The number of nitrogens with one attached hydrogen (secondary N) is 1. The van der Waals surface area contributed by atoms with Gasteiger partial charge in [-0.25, -0.2) is 9.59 Å². The van der Waals surface area contributed by atoms with Gasteiger partial charge in [0.05, 0.1) is 28.9 Å². The van der Waals surface area contributed by atoms with Gasteiger partial charge in [0.2, 0.25) is 0 Å². The van der Waals surface area contributed by atoms with Crippen LogP contribution < -0.4 is 5.69 Å². The summed E-state index contributed by atoms with van der Waals surface area (Å²) in [5.41, 5.74) is 0.582. The monoisotopic (exact) mass is 272 g/mol. The number of benzene rings is 1. The zero-order valence-corrected chi connectivity index (χ0v) is 10.7. The molecule has 2 N–H and O–H groups in total. The number of aromatic nitrogens is 2. The fourth-order valence-electron chi connectivity index (χ4n) is 2.38. The van der Waals surface area contributed by atoms with Gasteiger partial charge in [0, 0.05) is 0 Å². The normalized spacial score (nSPS) is 12.7. The third-order valence-electron chi connectivity index (χ3n) is 3.31. The van der Waals surface area contributed by atoms with Gasteiger partial charge in [0.15, 0.2) is 0 Å². The Labute approximate surface area is 113 Å². The van der Waals surface area contributed by atoms with E-state index in [1.807, 2.05) is 0 Å². The van der Waals surface area contributed by atoms with Gasteiger partial charge in [-0.3, -0.25) is 4.57 Å². The van der Waals surface area contributed by atoms with E-state index in [1.54, 1.807) is 31.2 Å². The number of nitrogens with zero attached hydrogens (tertiary/aromatic N) is 1. The molecule has 102 valence electrons. The first-order valence-corrected chi connectivity index (χ1v) is 6.09. The Hall–Kier alpha value is -2.76. The van der Waals surface area contributed by atoms with Crippen molar-refractivity contribution in [1.82, 2.24) is 9.55 Å². The molecule has 0 bridgehead atoms. The van der Waals surface area contributed by atoms with E-state index >= 15 is 0 Å². The summed E-state index contributed by atoms with van der Waals surface area (Å²) in [4.78, 5) is 26.1. The molecule has 1 aromatic carbocycles. The van der Waals surface area contributed by atoms with Crippen LogP contribution in [0.15, 0.2) is 45.8 Å². The Kier molecular flexibility index (Phi) is 2.71. The van der Waals surface area contributed by atoms with Gasteiger partial charge in [-0.2, -0.15) is 0 Å². The van der Waals surface area contributed by atoms with Crippen molar-refractivity contribution < 1.29 is 14.3 Å². The van der Waals surface area contributed by atoms with E-state index in [-0.39, 0.29) is 11.3 Å². The molecule has 0 spiro atoms. The second-order valence-corrected chi connectivity index (χ2v) is 4.50. The molecule has 0 aliphatic carbocycles. The molecule has 2 aromatic heterocycles. The smallest absolute Gasteiger partial charge is 0.337 e. The van der Waals surface area contributed by atoms with Gasteiger partial charge in [-0.1, -0.05) is 6.07 Å². The van der Waals surface area contributed by atoms with Crippen molar-refractivity contribution in [2.24, 2.45) is 0 Å². The van der Waals surface area contributed by atoms with E-state index in [1.165, 1.54) is 16.9 Å². The minimum absolute atomic E-state index is 0.0826. The maximum absolute atomic E-state index is 12.1. The molecule has 1 unspecified atom stereocenters. The highest BCUT2D eigenvalue weighted by atomic mass is 16.4. The van der Waals surface area contributed by atoms with E-state index in [9.17, 15) is 14.7 Å². The molecule has 2 heterocycles. The van der Waals surface area contributed by atoms with Crippen molar-refractivity contribution in [2.45, 2.75) is 13.0 Å². The largest absolute Gasteiger partial charge is 0.478 e. The average molecular weight is 272 g/mol. The number of fused-ring (bicyclic) bond motifs is 1. The minimum atomic E-state index is -1.07. The molecule has 3 aromatic rings. The summed E-state index contributed by atoms with van der Waals surface area (Å²) >= 11 is 0. The number of imidazole rings is 1. The zero-order valence-electron chi connectivity index (χ0n) is 10.7. The Morgan fingerprint density at radius 3 is 2.80 bits per heavy atom. The van der Waals surface area contributed by atoms with Crippen molar-refractivity contribution >= 4 is 17.0 Å². The highest BCUT2D eigenvalue weighted by Gasteiger charge is 2.21. The summed E-state index contributed by atoms with van der Waals surface area (Å²) in [6.45, 7) is 1.78. The fourth-order valence-corrected chi connectivity index (χ4v) is 2.38. The van der Waals surface area contributed by atoms with E-state index in [0.717, 1.165) is 0 Å². The number of carboxylic acid groups (broad SMARTS) is 1. The molecule has 0 amide bonds. The number of furan rings is 1. The summed E-state index contributed by atoms with van der Waals surface area (Å²) in [6.07, 6.45) is 1.52. The lowest BCUT2D eigenvalue weighted by atomic mass is 10.1. The third kappa shape index (κ3) is 1.73. The summed E-state index contributed by atoms with van der Waals surface area (Å²) in [5, 5.41) is 9.28. The lowest BCUT2D eigenvalue weighted by molar-refractivity contribution is 0.0698. The van der Waals surface area contributed by atoms with Crippen LogP contribution >= 0.6 is 0 Å². The maximum atomic E-state index is 12.1. The summed E-state index contributed by atoms with van der Waals surface area (Å²) < 4.78 is 6.70. The van der Waals surface area contributed by atoms with Crippen molar-refractivity contribution in [2.75, 3.05) is 0 Å². The molecular formula is C14H12N2O4. The van der Waals surface area contributed by atoms with Crippen molar-refractivity contribution in [3.63, 3.8) is 0 Å². The Morgan fingerprint density at radius 1 is 1.35 bits per heavy atom. The van der Waals surface area contributed by atoms with Gasteiger partial charge in [-0.15, -0.1) is 0 Å². The van der Waals surface area contributed by atoms with Crippen molar-refractivity contribution in [1.29, 1.82) is 0 Å². The van der Waals surface area contributed by atoms with Crippen LogP contribution in [-0.2, 0) is 0 Å². The van der Waals surface area contributed by atoms with Gasteiger partial charge >= 0.3 is 11.7 Å². The summed E-state index contributed by atoms with van der Waals surface area (Å²) in [7, 11) is 0. The molecule has 0 saturated carbocycles. The number of aromatic carboxylic acids is 1. The van der Waals surface area contributed by atoms with E-state index in [0.29, 0.717) is 16.8 Å². The first-order chi connectivity index (χ1) is 9.59. The number of H-pyrrole nitrogens is 1. The quantitative estimate of drug-likeness (QED) is 0.765. The van der Waals surface area contributed by atoms with Crippen LogP contribution in [0.4, 0.5) is 0 Å². The van der Waals surface area contributed by atoms with Crippen LogP contribution in [0.2, 0.25) is 0 Å².